The molecule has 0 aromatic heterocycles. The van der Waals surface area contributed by atoms with Crippen molar-refractivity contribution in [1.82, 2.24) is 0 Å². The normalized spacial score (nSPS) is 13.8. The fraction of sp³-hybridized carbons (Fsp3) is 0.0323. The number of hydrogen-bond donors (Lipinski definition) is 0. The molecule has 5 aromatic carbocycles. The van der Waals surface area contributed by atoms with Gasteiger partial charge in [-0.3, -0.25) is 10.1 Å². The van der Waals surface area contributed by atoms with E-state index in [0.29, 0.717) is 5.56 Å². The van der Waals surface area contributed by atoms with Crippen molar-refractivity contribution in [2.24, 2.45) is 0 Å². The highest BCUT2D eigenvalue weighted by Gasteiger charge is 2.52. The molecule has 0 saturated heterocycles. The first-order chi connectivity index (χ1) is 16.7. The van der Waals surface area contributed by atoms with E-state index in [9.17, 15) is 10.1 Å². The van der Waals surface area contributed by atoms with Crippen molar-refractivity contribution >= 4 is 5.69 Å². The third-order valence-electron chi connectivity index (χ3n) is 7.41. The molecule has 0 N–H and O–H groups in total. The number of benzene rings is 5. The molecule has 2 aliphatic rings. The van der Waals surface area contributed by atoms with Crippen molar-refractivity contribution in [3.8, 4) is 33.4 Å². The standard InChI is InChI=1S/C31H19NO2/c33-32(34)29-19-8-4-12-22(29)23-14-9-18-28-30(23)24-13-3-7-17-27(24)31(28)25-15-5-1-10-20(25)21-11-2-6-16-26(21)31/h1-19H. The van der Waals surface area contributed by atoms with Gasteiger partial charge in [0.2, 0.25) is 0 Å². The highest BCUT2D eigenvalue weighted by Crippen LogP contribution is 2.64. The number of rotatable bonds is 2. The Morgan fingerprint density at radius 3 is 1.53 bits per heavy atom. The third-order valence-corrected chi connectivity index (χ3v) is 7.41. The second-order valence-electron chi connectivity index (χ2n) is 8.89. The zero-order valence-electron chi connectivity index (χ0n) is 18.2. The zero-order chi connectivity index (χ0) is 22.9. The lowest BCUT2D eigenvalue weighted by atomic mass is 9.70. The van der Waals surface area contributed by atoms with Crippen LogP contribution >= 0.6 is 0 Å². The molecule has 0 fully saturated rings. The van der Waals surface area contributed by atoms with Gasteiger partial charge in [0, 0.05) is 6.07 Å². The van der Waals surface area contributed by atoms with Crippen LogP contribution < -0.4 is 0 Å². The summed E-state index contributed by atoms with van der Waals surface area (Å²) in [5, 5.41) is 11.9. The van der Waals surface area contributed by atoms with Gasteiger partial charge in [0.25, 0.3) is 5.69 Å². The number of nitro benzene ring substituents is 1. The van der Waals surface area contributed by atoms with E-state index in [1.165, 1.54) is 33.4 Å². The minimum atomic E-state index is -0.446. The van der Waals surface area contributed by atoms with E-state index in [4.69, 9.17) is 0 Å². The Balaban J connectivity index is 1.66. The van der Waals surface area contributed by atoms with E-state index >= 15 is 0 Å². The lowest BCUT2D eigenvalue weighted by molar-refractivity contribution is -0.384. The molecule has 0 bridgehead atoms. The van der Waals surface area contributed by atoms with Crippen LogP contribution in [0.5, 0.6) is 0 Å². The average Bonchev–Trinajstić information content (AvgIpc) is 3.36. The summed E-state index contributed by atoms with van der Waals surface area (Å²) in [5.74, 6) is 0. The van der Waals surface area contributed by atoms with Gasteiger partial charge in [-0.15, -0.1) is 0 Å². The Hall–Kier alpha value is -4.50. The van der Waals surface area contributed by atoms with E-state index in [2.05, 4.69) is 78.9 Å². The van der Waals surface area contributed by atoms with Crippen LogP contribution in [0.15, 0.2) is 115 Å². The fourth-order valence-corrected chi connectivity index (χ4v) is 6.23. The third kappa shape index (κ3) is 2.21. The second kappa shape index (κ2) is 6.75. The Morgan fingerprint density at radius 1 is 0.471 bits per heavy atom. The largest absolute Gasteiger partial charge is 0.277 e. The number of para-hydroxylation sites is 1. The smallest absolute Gasteiger partial charge is 0.258 e. The summed E-state index contributed by atoms with van der Waals surface area (Å²) < 4.78 is 0. The van der Waals surface area contributed by atoms with Crippen LogP contribution in [0, 0.1) is 10.1 Å². The maximum atomic E-state index is 11.9. The predicted octanol–water partition coefficient (Wildman–Crippen LogP) is 7.61. The topological polar surface area (TPSA) is 43.1 Å². The number of hydrogen-bond acceptors (Lipinski definition) is 2. The summed E-state index contributed by atoms with van der Waals surface area (Å²) in [7, 11) is 0. The molecule has 7 rings (SSSR count). The Kier molecular flexibility index (Phi) is 3.78. The molecule has 0 heterocycles. The van der Waals surface area contributed by atoms with Crippen LogP contribution in [0.2, 0.25) is 0 Å². The first-order valence-corrected chi connectivity index (χ1v) is 11.4. The minimum absolute atomic E-state index is 0.126. The van der Waals surface area contributed by atoms with Gasteiger partial charge in [0.1, 0.15) is 0 Å². The quantitative estimate of drug-likeness (QED) is 0.206. The number of fused-ring (bicyclic) bond motifs is 10. The predicted molar refractivity (Wildman–Crippen MR) is 135 cm³/mol. The number of nitro groups is 1. The van der Waals surface area contributed by atoms with Crippen molar-refractivity contribution < 1.29 is 4.92 Å². The maximum Gasteiger partial charge on any atom is 0.277 e. The highest BCUT2D eigenvalue weighted by molar-refractivity contribution is 6.00. The fourth-order valence-electron chi connectivity index (χ4n) is 6.23. The van der Waals surface area contributed by atoms with Crippen molar-refractivity contribution in [1.29, 1.82) is 0 Å². The summed E-state index contributed by atoms with van der Waals surface area (Å²) in [4.78, 5) is 11.6. The van der Waals surface area contributed by atoms with Crippen molar-refractivity contribution in [3.63, 3.8) is 0 Å². The molecule has 34 heavy (non-hydrogen) atoms. The van der Waals surface area contributed by atoms with E-state index < -0.39 is 5.41 Å². The molecule has 0 amide bonds. The molecule has 0 aliphatic heterocycles. The van der Waals surface area contributed by atoms with E-state index in [-0.39, 0.29) is 10.6 Å². The monoisotopic (exact) mass is 437 g/mol. The lowest BCUT2D eigenvalue weighted by Gasteiger charge is -2.30. The van der Waals surface area contributed by atoms with Crippen LogP contribution in [0.3, 0.4) is 0 Å². The van der Waals surface area contributed by atoms with Crippen LogP contribution in [0.4, 0.5) is 5.69 Å². The maximum absolute atomic E-state index is 11.9. The molecule has 1 spiro atoms. The van der Waals surface area contributed by atoms with Crippen molar-refractivity contribution in [3.05, 3.63) is 148 Å². The SMILES string of the molecule is O=[N+]([O-])c1ccccc1-c1cccc2c1-c1ccccc1C21c2ccccc2-c2ccccc21. The van der Waals surface area contributed by atoms with Gasteiger partial charge in [0.15, 0.2) is 0 Å². The van der Waals surface area contributed by atoms with E-state index in [1.807, 2.05) is 24.3 Å². The van der Waals surface area contributed by atoms with Gasteiger partial charge >= 0.3 is 0 Å². The van der Waals surface area contributed by atoms with Gasteiger partial charge in [-0.2, -0.15) is 0 Å². The molecule has 3 nitrogen and oxygen atoms in total. The van der Waals surface area contributed by atoms with E-state index in [0.717, 1.165) is 16.7 Å². The number of nitrogens with zero attached hydrogens (tertiary/aromatic N) is 1. The van der Waals surface area contributed by atoms with Gasteiger partial charge in [-0.25, -0.2) is 0 Å². The molecule has 0 atom stereocenters. The molecule has 0 unspecified atom stereocenters. The lowest BCUT2D eigenvalue weighted by Crippen LogP contribution is -2.25. The summed E-state index contributed by atoms with van der Waals surface area (Å²) >= 11 is 0. The molecule has 0 saturated carbocycles. The Morgan fingerprint density at radius 2 is 0.912 bits per heavy atom. The van der Waals surface area contributed by atoms with Crippen molar-refractivity contribution in [2.75, 3.05) is 0 Å². The molecular weight excluding hydrogens is 418 g/mol. The van der Waals surface area contributed by atoms with Crippen LogP contribution in [-0.2, 0) is 5.41 Å². The van der Waals surface area contributed by atoms with Gasteiger partial charge in [-0.1, -0.05) is 103 Å². The first-order valence-electron chi connectivity index (χ1n) is 11.4. The molecular formula is C31H19NO2. The molecule has 160 valence electrons. The average molecular weight is 437 g/mol. The van der Waals surface area contributed by atoms with E-state index in [1.54, 1.807) is 12.1 Å². The van der Waals surface area contributed by atoms with Crippen LogP contribution in [0.25, 0.3) is 33.4 Å². The minimum Gasteiger partial charge on any atom is -0.258 e. The molecule has 0 radical (unpaired) electrons. The molecule has 5 aromatic rings. The summed E-state index contributed by atoms with van der Waals surface area (Å²) in [6.07, 6.45) is 0. The van der Waals surface area contributed by atoms with Crippen LogP contribution in [-0.4, -0.2) is 4.92 Å². The summed E-state index contributed by atoms with van der Waals surface area (Å²) in [5.41, 5.74) is 10.9. The highest BCUT2D eigenvalue weighted by atomic mass is 16.6. The molecule has 3 heteroatoms. The summed E-state index contributed by atoms with van der Waals surface area (Å²) in [6, 6.07) is 39.1. The van der Waals surface area contributed by atoms with Gasteiger partial charge in [0.05, 0.1) is 15.9 Å². The molecule has 2 aliphatic carbocycles. The zero-order valence-corrected chi connectivity index (χ0v) is 18.2. The first kappa shape index (κ1) is 19.0. The Labute approximate surface area is 197 Å². The Bertz CT molecular complexity index is 1600. The van der Waals surface area contributed by atoms with Gasteiger partial charge < -0.3 is 0 Å². The van der Waals surface area contributed by atoms with Crippen molar-refractivity contribution in [2.45, 2.75) is 5.41 Å². The van der Waals surface area contributed by atoms with Gasteiger partial charge in [-0.05, 0) is 56.1 Å². The second-order valence-corrected chi connectivity index (χ2v) is 8.89. The van der Waals surface area contributed by atoms with Crippen LogP contribution in [0.1, 0.15) is 22.3 Å². The summed E-state index contributed by atoms with van der Waals surface area (Å²) in [6.45, 7) is 0.